The van der Waals surface area contributed by atoms with Crippen LogP contribution in [0, 0.1) is 78.1 Å². The molecule has 0 radical (unpaired) electrons. The van der Waals surface area contributed by atoms with E-state index in [1.807, 2.05) is 203 Å². The summed E-state index contributed by atoms with van der Waals surface area (Å²) in [6.07, 6.45) is 35.3. The zero-order valence-electron chi connectivity index (χ0n) is 84.9. The fourth-order valence-electron chi connectivity index (χ4n) is 20.0. The fraction of sp³-hybridized carbons (Fsp3) is 0.405. The van der Waals surface area contributed by atoms with Crippen LogP contribution in [0.3, 0.4) is 0 Å². The Hall–Kier alpha value is -9.06. The molecule has 4 saturated carbocycles. The van der Waals surface area contributed by atoms with Crippen LogP contribution in [-0.4, -0.2) is 118 Å². The molecule has 3 aliphatic heterocycles. The van der Waals surface area contributed by atoms with Crippen LogP contribution in [0.2, 0.25) is 0 Å². The maximum absolute atomic E-state index is 8.56. The van der Waals surface area contributed by atoms with Gasteiger partial charge in [0.2, 0.25) is 0 Å². The molecule has 4 aliphatic carbocycles. The average Bonchev–Trinajstić information content (AvgIpc) is 1.32. The molecule has 15 nitrogen and oxygen atoms in total. The molecule has 6 N–H and O–H groups in total. The zero-order valence-corrected chi connectivity index (χ0v) is 92.1. The zero-order chi connectivity index (χ0) is 97.5. The number of rotatable bonds is 15. The second kappa shape index (κ2) is 56.1. The van der Waals surface area contributed by atoms with Crippen LogP contribution >= 0.6 is 0 Å². The van der Waals surface area contributed by atoms with Gasteiger partial charge < -0.3 is 75.0 Å². The predicted molar refractivity (Wildman–Crippen MR) is 564 cm³/mol. The van der Waals surface area contributed by atoms with Gasteiger partial charge in [-0.15, -0.1) is 125 Å². The van der Waals surface area contributed by atoms with E-state index in [1.54, 1.807) is 41.5 Å². The minimum Gasteiger partial charge on any atom is -0.510 e. The molecule has 139 heavy (non-hydrogen) atoms. The molecule has 12 aromatic rings. The van der Waals surface area contributed by atoms with Crippen molar-refractivity contribution in [2.45, 2.75) is 273 Å². The van der Waals surface area contributed by atoms with E-state index in [-0.39, 0.29) is 96.9 Å². The molecule has 0 saturated heterocycles. The van der Waals surface area contributed by atoms with E-state index >= 15 is 0 Å². The molecule has 6 atom stereocenters. The van der Waals surface area contributed by atoms with Gasteiger partial charge in [-0.2, -0.15) is 111 Å². The Bertz CT molecular complexity index is 5530. The molecule has 3 aromatic heterocycles. The number of pyridine rings is 3. The van der Waals surface area contributed by atoms with Gasteiger partial charge in [0.05, 0.1) is 36.6 Å². The van der Waals surface area contributed by atoms with Gasteiger partial charge in [-0.05, 0) is 339 Å². The van der Waals surface area contributed by atoms with Gasteiger partial charge in [-0.25, -0.2) is 0 Å². The number of fused-ring (bicyclic) bond motifs is 3. The Morgan fingerprint density at radius 3 is 0.950 bits per heavy atom. The minimum absolute atomic E-state index is 0. The van der Waals surface area contributed by atoms with Crippen LogP contribution in [0.4, 0.5) is 17.1 Å². The van der Waals surface area contributed by atoms with E-state index in [0.717, 1.165) is 56.8 Å². The van der Waals surface area contributed by atoms with E-state index in [1.165, 1.54) is 163 Å². The molecule has 6 unspecified atom stereocenters. The van der Waals surface area contributed by atoms with E-state index < -0.39 is 0 Å². The van der Waals surface area contributed by atoms with E-state index in [9.17, 15) is 0 Å². The first-order chi connectivity index (χ1) is 65.1. The van der Waals surface area contributed by atoms with E-state index in [2.05, 4.69) is 236 Å². The molecule has 0 amide bonds. The van der Waals surface area contributed by atoms with Crippen molar-refractivity contribution < 1.29 is 91.0 Å². The fourth-order valence-corrected chi connectivity index (χ4v) is 20.0. The van der Waals surface area contributed by atoms with Gasteiger partial charge in [-0.3, -0.25) is 0 Å². The van der Waals surface area contributed by atoms with Crippen LogP contribution in [0.15, 0.2) is 273 Å². The average molecular weight is 2400 g/mol. The molecule has 9 aromatic carbocycles. The summed E-state index contributed by atoms with van der Waals surface area (Å²) < 4.78 is 0. The smallest absolute Gasteiger partial charge is 0.510 e. The van der Waals surface area contributed by atoms with Crippen molar-refractivity contribution in [2.24, 2.45) is 21.7 Å². The number of hydrogen-bond donors (Lipinski definition) is 6. The molecular weight excluding hydrogens is 2250 g/mol. The number of hydrogen-bond acceptors (Lipinski definition) is 15. The van der Waals surface area contributed by atoms with Gasteiger partial charge >= 0.3 is 60.3 Å². The van der Waals surface area contributed by atoms with Crippen LogP contribution in [0.5, 0.6) is 0 Å². The normalized spacial score (nSPS) is 17.9. The van der Waals surface area contributed by atoms with Crippen LogP contribution < -0.4 is 14.7 Å². The van der Waals surface area contributed by atoms with E-state index in [4.69, 9.17) is 30.6 Å². The summed E-state index contributed by atoms with van der Waals surface area (Å²) in [7, 11) is 6.07. The van der Waals surface area contributed by atoms with Crippen molar-refractivity contribution >= 4 is 49.4 Å². The summed E-state index contributed by atoms with van der Waals surface area (Å²) >= 11 is 0. The van der Waals surface area contributed by atoms with Crippen LogP contribution in [-0.2, 0) is 60.3 Å². The van der Waals surface area contributed by atoms with Crippen molar-refractivity contribution in [1.29, 1.82) is 0 Å². The van der Waals surface area contributed by atoms with Gasteiger partial charge in [-0.1, -0.05) is 115 Å². The number of aliphatic hydroxyl groups is 6. The summed E-state index contributed by atoms with van der Waals surface area (Å²) in [5.74, 6) is 2.09. The third-order valence-corrected chi connectivity index (χ3v) is 26.6. The third kappa shape index (κ3) is 36.4. The largest absolute Gasteiger partial charge is 3.00 e. The van der Waals surface area contributed by atoms with Crippen molar-refractivity contribution in [2.75, 3.05) is 35.8 Å². The van der Waals surface area contributed by atoms with Crippen LogP contribution in [0.1, 0.15) is 253 Å². The van der Waals surface area contributed by atoms with Crippen LogP contribution in [0.25, 0.3) is 66.1 Å². The maximum Gasteiger partial charge on any atom is 3.00 e. The van der Waals surface area contributed by atoms with E-state index in [0.29, 0.717) is 52.8 Å². The SMILES string of the molecule is CC(O)CC(C)O.CC(O)CC(C)O.CC(O)CC(C)O.CC1(C)CC(c2ccc3c(-c4[c-]cccc4)nccc3c2)CC(C)(C)C1.CC1(C)CCC(c2ccc3c(-c4[c-]cccc4)nccc3c2)CC1.CC1=CN(c2[c-]cccc2)[CH-]N1C.CC1=CN(c2[c-]cccc2)[CH-]N1C.CN1C=CN(c2[c-]cccc2)[CH-]1.[Ir+3].[Ir+3].[Ir+3].[c-]1ccccc1-c1nccc2cc(C3CCC4(CCCCC4)CC3)ccc12. The number of aliphatic hydroxyl groups excluding tert-OH is 6. The molecule has 742 valence electrons. The second-order valence-corrected chi connectivity index (χ2v) is 41.0. The third-order valence-electron chi connectivity index (χ3n) is 26.6. The summed E-state index contributed by atoms with van der Waals surface area (Å²) in [4.78, 5) is 26.2. The quantitative estimate of drug-likeness (QED) is 0.0534. The van der Waals surface area contributed by atoms with Gasteiger partial charge in [0, 0.05) is 18.6 Å². The molecule has 4 fully saturated rings. The Balaban J connectivity index is 0.000000199. The summed E-state index contributed by atoms with van der Waals surface area (Å²) in [6.45, 7) is 34.7. The number of allylic oxidation sites excluding steroid dienone is 2. The molecule has 7 aliphatic rings. The van der Waals surface area contributed by atoms with Gasteiger partial charge in [0.25, 0.3) is 0 Å². The number of nitrogens with zero attached hydrogens (tertiary/aromatic N) is 9. The number of benzene rings is 9. The molecule has 1 spiro atoms. The maximum atomic E-state index is 8.56. The second-order valence-electron chi connectivity index (χ2n) is 41.0. The first kappa shape index (κ1) is 115. The summed E-state index contributed by atoms with van der Waals surface area (Å²) in [5.41, 5.74) is 18.5. The number of anilines is 3. The number of para-hydroxylation sites is 3. The Morgan fingerprint density at radius 1 is 0.353 bits per heavy atom. The molecule has 19 rings (SSSR count). The predicted octanol–water partition coefficient (Wildman–Crippen LogP) is 27.4. The minimum atomic E-state index is -0.375. The monoisotopic (exact) mass is 2400 g/mol. The van der Waals surface area contributed by atoms with Crippen molar-refractivity contribution in [1.82, 2.24) is 29.7 Å². The molecular formula is C121H150Ir3N9O6. The Kier molecular flexibility index (Phi) is 46.5. The summed E-state index contributed by atoms with van der Waals surface area (Å²) in [5, 5.41) is 58.9. The standard InChI is InChI=1S/C26H28N.C25H28N.C23H24N.2C11H12N2.C10H10N2.3C5H12O2.3Ir/c1-3-7-21(8-4-1)25-24-10-9-22(19-23(24)13-18-27-25)20-11-16-26(17-12-20)14-5-2-6-15-26;1-24(2)15-21(16-25(3,4)17-24)19-10-11-22-20(14-19)12-13-26-23(22)18-8-6-5-7-9-18;1-23(2)13-10-17(11-14-23)19-8-9-21-20(16-19)12-15-24-22(21)18-6-4-3-5-7-18;2*1-10-8-13(9-12(10)2)11-6-4-3-5-7-11;1-11-7-8-12(9-11)10-5-3-2-4-6-10;3*1-4(6)3-5(2)7;;;/h1,3-4,7,9-10,13,18-20H,2,5-6,11-12,14-17H2;5-8,10-14,21H,15-17H2,1-4H3;3-6,8-9,12,15-17H,10-11,13-14H2,1-2H3;2*3-6,8-9H,1-2H3;2-5,7-9H,1H3;3*4-7H,3H2,1-2H3;;;/q3*-1;3*-2;;;;3*+3. The Morgan fingerprint density at radius 2 is 0.669 bits per heavy atom. The van der Waals surface area contributed by atoms with Crippen molar-refractivity contribution in [3.63, 3.8) is 0 Å². The van der Waals surface area contributed by atoms with Gasteiger partial charge in [0.1, 0.15) is 0 Å². The Labute approximate surface area is 873 Å². The summed E-state index contributed by atoms with van der Waals surface area (Å²) in [6, 6.07) is 95.0. The topological polar surface area (TPSA) is 179 Å². The van der Waals surface area contributed by atoms with Crippen molar-refractivity contribution in [3.8, 4) is 33.8 Å². The van der Waals surface area contributed by atoms with Gasteiger partial charge in [0.15, 0.2) is 0 Å². The van der Waals surface area contributed by atoms with Crippen molar-refractivity contribution in [3.05, 3.63) is 346 Å². The first-order valence-corrected chi connectivity index (χ1v) is 49.3. The molecule has 0 bridgehead atoms. The molecule has 6 heterocycles. The molecule has 18 heteroatoms. The number of aromatic nitrogens is 3. The first-order valence-electron chi connectivity index (χ1n) is 49.3.